The van der Waals surface area contributed by atoms with E-state index in [2.05, 4.69) is 5.32 Å². The minimum atomic E-state index is -0.836. The van der Waals surface area contributed by atoms with Gasteiger partial charge in [0.25, 0.3) is 11.8 Å². The number of carbonyl (C=O) groups is 3. The molecule has 1 aliphatic rings. The van der Waals surface area contributed by atoms with Crippen LogP contribution in [-0.4, -0.2) is 17.8 Å². The fraction of sp³-hybridized carbons (Fsp3) is 0.0417. The molecule has 0 unspecified atom stereocenters. The summed E-state index contributed by atoms with van der Waals surface area (Å²) < 4.78 is 5.73. The number of rotatable bonds is 5. The molecule has 1 fully saturated rings. The van der Waals surface area contributed by atoms with E-state index in [0.29, 0.717) is 28.6 Å². The first kappa shape index (κ1) is 21.6. The van der Waals surface area contributed by atoms with Crippen LogP contribution in [-0.2, 0) is 16.2 Å². The van der Waals surface area contributed by atoms with Crippen LogP contribution in [0.2, 0.25) is 10.0 Å². The molecule has 6 nitrogen and oxygen atoms in total. The van der Waals surface area contributed by atoms with Crippen LogP contribution in [0.25, 0.3) is 6.08 Å². The largest absolute Gasteiger partial charge is 0.489 e. The fourth-order valence-corrected chi connectivity index (χ4v) is 3.56. The number of anilines is 1. The Morgan fingerprint density at radius 1 is 0.906 bits per heavy atom. The molecule has 0 atom stereocenters. The van der Waals surface area contributed by atoms with Crippen LogP contribution < -0.4 is 15.0 Å². The first-order valence-electron chi connectivity index (χ1n) is 9.55. The number of nitrogens with one attached hydrogen (secondary N) is 1. The average Bonchev–Trinajstić information content (AvgIpc) is 2.78. The number of ether oxygens (including phenoxy) is 1. The third-order valence-electron chi connectivity index (χ3n) is 4.71. The first-order chi connectivity index (χ1) is 15.4. The van der Waals surface area contributed by atoms with Crippen molar-refractivity contribution in [2.75, 3.05) is 4.90 Å². The summed E-state index contributed by atoms with van der Waals surface area (Å²) in [5.74, 6) is -0.991. The van der Waals surface area contributed by atoms with Crippen molar-refractivity contribution in [1.82, 2.24) is 5.32 Å². The number of urea groups is 1. The van der Waals surface area contributed by atoms with Crippen molar-refractivity contribution in [2.45, 2.75) is 6.61 Å². The molecule has 1 saturated heterocycles. The maximum absolute atomic E-state index is 13.0. The number of halogens is 2. The van der Waals surface area contributed by atoms with E-state index in [1.807, 2.05) is 30.3 Å². The van der Waals surface area contributed by atoms with Crippen LogP contribution in [0.5, 0.6) is 5.75 Å². The number of barbiturate groups is 1. The number of carbonyl (C=O) groups excluding carboxylic acids is 3. The minimum absolute atomic E-state index is 0.224. The van der Waals surface area contributed by atoms with E-state index < -0.39 is 17.8 Å². The molecule has 32 heavy (non-hydrogen) atoms. The molecule has 0 bridgehead atoms. The Kier molecular flexibility index (Phi) is 6.25. The lowest BCUT2D eigenvalue weighted by Crippen LogP contribution is -2.54. The Morgan fingerprint density at radius 2 is 1.62 bits per heavy atom. The Balaban J connectivity index is 1.55. The van der Waals surface area contributed by atoms with Crippen LogP contribution in [0, 0.1) is 0 Å². The summed E-state index contributed by atoms with van der Waals surface area (Å²) in [5, 5.41) is 2.87. The number of nitrogens with zero attached hydrogens (tertiary/aromatic N) is 1. The first-order valence-corrected chi connectivity index (χ1v) is 10.3. The summed E-state index contributed by atoms with van der Waals surface area (Å²) in [6.07, 6.45) is 1.33. The third-order valence-corrected chi connectivity index (χ3v) is 5.27. The number of amides is 4. The topological polar surface area (TPSA) is 75.7 Å². The molecule has 1 heterocycles. The van der Waals surface area contributed by atoms with Gasteiger partial charge in [0.05, 0.1) is 5.69 Å². The number of hydrogen-bond donors (Lipinski definition) is 1. The lowest BCUT2D eigenvalue weighted by atomic mass is 10.1. The standard InChI is InChI=1S/C24H16Cl2N2O4/c25-17-7-6-16(21(26)13-17)12-20-22(29)27-24(31)28(23(20)30)18-8-10-19(11-9-18)32-14-15-4-2-1-3-5-15/h1-13H,14H2,(H,27,29,31)/b20-12+. The zero-order valence-electron chi connectivity index (χ0n) is 16.5. The van der Waals surface area contributed by atoms with Gasteiger partial charge in [0, 0.05) is 10.0 Å². The summed E-state index contributed by atoms with van der Waals surface area (Å²) in [6.45, 7) is 0.382. The van der Waals surface area contributed by atoms with Gasteiger partial charge in [-0.25, -0.2) is 9.69 Å². The Hall–Kier alpha value is -3.61. The maximum Gasteiger partial charge on any atom is 0.335 e. The summed E-state index contributed by atoms with van der Waals surface area (Å²) in [5.41, 5.74) is 1.50. The molecule has 0 spiro atoms. The van der Waals surface area contributed by atoms with Crippen molar-refractivity contribution in [1.29, 1.82) is 0 Å². The molecular weight excluding hydrogens is 451 g/mol. The van der Waals surface area contributed by atoms with Gasteiger partial charge in [0.1, 0.15) is 17.9 Å². The van der Waals surface area contributed by atoms with E-state index >= 15 is 0 Å². The highest BCUT2D eigenvalue weighted by Gasteiger charge is 2.36. The van der Waals surface area contributed by atoms with Gasteiger partial charge < -0.3 is 4.74 Å². The van der Waals surface area contributed by atoms with Crippen molar-refractivity contribution in [2.24, 2.45) is 0 Å². The van der Waals surface area contributed by atoms with Crippen molar-refractivity contribution in [3.8, 4) is 5.75 Å². The SMILES string of the molecule is O=C1NC(=O)N(c2ccc(OCc3ccccc3)cc2)C(=O)/C1=C/c1ccc(Cl)cc1Cl. The second-order valence-corrected chi connectivity index (χ2v) is 7.74. The van der Waals surface area contributed by atoms with Gasteiger partial charge in [-0.05, 0) is 53.6 Å². The molecule has 4 rings (SSSR count). The number of hydrogen-bond acceptors (Lipinski definition) is 4. The lowest BCUT2D eigenvalue weighted by molar-refractivity contribution is -0.122. The Morgan fingerprint density at radius 3 is 2.31 bits per heavy atom. The van der Waals surface area contributed by atoms with E-state index in [0.717, 1.165) is 10.5 Å². The Bertz CT molecular complexity index is 1220. The monoisotopic (exact) mass is 466 g/mol. The molecule has 0 aromatic heterocycles. The number of imide groups is 2. The second-order valence-electron chi connectivity index (χ2n) is 6.89. The van der Waals surface area contributed by atoms with Crippen LogP contribution in [0.3, 0.4) is 0 Å². The molecular formula is C24H16Cl2N2O4. The van der Waals surface area contributed by atoms with Crippen molar-refractivity contribution in [3.63, 3.8) is 0 Å². The van der Waals surface area contributed by atoms with Gasteiger partial charge in [-0.3, -0.25) is 14.9 Å². The van der Waals surface area contributed by atoms with E-state index in [1.54, 1.807) is 36.4 Å². The fourth-order valence-electron chi connectivity index (χ4n) is 3.10. The normalized spacial score (nSPS) is 15.1. The molecule has 8 heteroatoms. The second kappa shape index (κ2) is 9.26. The maximum atomic E-state index is 13.0. The molecule has 4 amide bonds. The van der Waals surface area contributed by atoms with Gasteiger partial charge in [-0.15, -0.1) is 0 Å². The number of benzene rings is 3. The van der Waals surface area contributed by atoms with Crippen molar-refractivity contribution >= 4 is 52.8 Å². The van der Waals surface area contributed by atoms with E-state index in [4.69, 9.17) is 27.9 Å². The highest BCUT2D eigenvalue weighted by molar-refractivity contribution is 6.40. The van der Waals surface area contributed by atoms with Crippen LogP contribution >= 0.6 is 23.2 Å². The Labute approximate surface area is 194 Å². The van der Waals surface area contributed by atoms with Crippen LogP contribution in [0.1, 0.15) is 11.1 Å². The average molecular weight is 467 g/mol. The van der Waals surface area contributed by atoms with Crippen LogP contribution in [0.4, 0.5) is 10.5 Å². The van der Waals surface area contributed by atoms with Gasteiger partial charge in [0.15, 0.2) is 0 Å². The molecule has 1 aliphatic heterocycles. The third kappa shape index (κ3) is 4.66. The highest BCUT2D eigenvalue weighted by atomic mass is 35.5. The molecule has 0 saturated carbocycles. The van der Waals surface area contributed by atoms with Crippen molar-refractivity contribution in [3.05, 3.63) is 99.5 Å². The highest BCUT2D eigenvalue weighted by Crippen LogP contribution is 2.27. The van der Waals surface area contributed by atoms with Crippen molar-refractivity contribution < 1.29 is 19.1 Å². The van der Waals surface area contributed by atoms with E-state index in [9.17, 15) is 14.4 Å². The summed E-state index contributed by atoms with van der Waals surface area (Å²) in [6, 6.07) is 19.9. The quantitative estimate of drug-likeness (QED) is 0.412. The van der Waals surface area contributed by atoms with Crippen LogP contribution in [0.15, 0.2) is 78.4 Å². The van der Waals surface area contributed by atoms with Gasteiger partial charge in [-0.2, -0.15) is 0 Å². The van der Waals surface area contributed by atoms with Gasteiger partial charge >= 0.3 is 6.03 Å². The molecule has 0 radical (unpaired) electrons. The molecule has 160 valence electrons. The molecule has 1 N–H and O–H groups in total. The van der Waals surface area contributed by atoms with Gasteiger partial charge in [-0.1, -0.05) is 59.6 Å². The molecule has 3 aromatic carbocycles. The zero-order valence-corrected chi connectivity index (χ0v) is 18.1. The minimum Gasteiger partial charge on any atom is -0.489 e. The predicted octanol–water partition coefficient (Wildman–Crippen LogP) is 5.24. The molecule has 3 aromatic rings. The predicted molar refractivity (Wildman–Crippen MR) is 123 cm³/mol. The lowest BCUT2D eigenvalue weighted by Gasteiger charge is -2.26. The summed E-state index contributed by atoms with van der Waals surface area (Å²) in [4.78, 5) is 38.6. The zero-order chi connectivity index (χ0) is 22.7. The van der Waals surface area contributed by atoms with E-state index in [1.165, 1.54) is 12.1 Å². The van der Waals surface area contributed by atoms with Gasteiger partial charge in [0.2, 0.25) is 0 Å². The molecule has 0 aliphatic carbocycles. The van der Waals surface area contributed by atoms with E-state index in [-0.39, 0.29) is 10.6 Å². The summed E-state index contributed by atoms with van der Waals surface area (Å²) in [7, 11) is 0. The summed E-state index contributed by atoms with van der Waals surface area (Å²) >= 11 is 12.0. The smallest absolute Gasteiger partial charge is 0.335 e.